The fourth-order valence-corrected chi connectivity index (χ4v) is 0.963. The molecule has 0 radical (unpaired) electrons. The zero-order chi connectivity index (χ0) is 10.3. The lowest BCUT2D eigenvalue weighted by Gasteiger charge is -2.03. The summed E-state index contributed by atoms with van der Waals surface area (Å²) < 4.78 is 37.4. The Bertz CT molecular complexity index is 474. The number of rotatable bonds is 0. The Hall–Kier alpha value is -1.86. The molecular weight excluding hydrogens is 199 g/mol. The number of aromatic nitrogens is 4. The Kier molecular flexibility index (Phi) is 1.60. The molecule has 0 aliphatic heterocycles. The minimum absolute atomic E-state index is 0.0488. The molecule has 0 bridgehead atoms. The third-order valence-electron chi connectivity index (χ3n) is 1.57. The molecule has 14 heavy (non-hydrogen) atoms. The van der Waals surface area contributed by atoms with Crippen LogP contribution in [0.5, 0.6) is 0 Å². The van der Waals surface area contributed by atoms with E-state index in [1.165, 1.54) is 6.33 Å². The molecule has 2 N–H and O–H groups in total. The SMILES string of the molecule is Nn1cnc2cnc(C(F)(F)F)nc21. The first-order valence-corrected chi connectivity index (χ1v) is 3.51. The smallest absolute Gasteiger partial charge is 0.336 e. The van der Waals surface area contributed by atoms with E-state index in [2.05, 4.69) is 15.0 Å². The summed E-state index contributed by atoms with van der Waals surface area (Å²) in [5.41, 5.74) is 0.174. The molecule has 2 aromatic rings. The molecule has 0 spiro atoms. The van der Waals surface area contributed by atoms with Crippen molar-refractivity contribution in [1.82, 2.24) is 19.6 Å². The predicted molar refractivity (Wildman–Crippen MR) is 40.5 cm³/mol. The van der Waals surface area contributed by atoms with Crippen molar-refractivity contribution in [2.75, 3.05) is 5.84 Å². The summed E-state index contributed by atoms with van der Waals surface area (Å²) >= 11 is 0. The van der Waals surface area contributed by atoms with Crippen LogP contribution in [0.1, 0.15) is 5.82 Å². The normalized spacial score (nSPS) is 12.2. The fourth-order valence-electron chi connectivity index (χ4n) is 0.963. The fraction of sp³-hybridized carbons (Fsp3) is 0.167. The molecule has 5 nitrogen and oxygen atoms in total. The van der Waals surface area contributed by atoms with Crippen LogP contribution in [0.3, 0.4) is 0 Å². The molecule has 0 unspecified atom stereocenters. The van der Waals surface area contributed by atoms with Gasteiger partial charge in [-0.15, -0.1) is 0 Å². The number of hydrogen-bond donors (Lipinski definition) is 1. The van der Waals surface area contributed by atoms with Crippen LogP contribution in [0.25, 0.3) is 11.2 Å². The molecule has 0 aliphatic carbocycles. The van der Waals surface area contributed by atoms with Gasteiger partial charge < -0.3 is 5.84 Å². The molecule has 0 saturated heterocycles. The maximum absolute atomic E-state index is 12.2. The van der Waals surface area contributed by atoms with E-state index in [0.29, 0.717) is 0 Å². The summed E-state index contributed by atoms with van der Waals surface area (Å²) in [4.78, 5) is 10.1. The summed E-state index contributed by atoms with van der Waals surface area (Å²) in [5.74, 6) is 4.06. The number of alkyl halides is 3. The second kappa shape index (κ2) is 2.56. The minimum Gasteiger partial charge on any atom is -0.336 e. The zero-order valence-electron chi connectivity index (χ0n) is 6.65. The van der Waals surface area contributed by atoms with Crippen molar-refractivity contribution < 1.29 is 13.2 Å². The largest absolute Gasteiger partial charge is 0.451 e. The van der Waals surface area contributed by atoms with Gasteiger partial charge in [0.2, 0.25) is 5.82 Å². The third kappa shape index (κ3) is 1.24. The van der Waals surface area contributed by atoms with E-state index in [-0.39, 0.29) is 11.2 Å². The van der Waals surface area contributed by atoms with Gasteiger partial charge in [0, 0.05) is 0 Å². The van der Waals surface area contributed by atoms with E-state index in [1.54, 1.807) is 0 Å². The highest BCUT2D eigenvalue weighted by Gasteiger charge is 2.35. The van der Waals surface area contributed by atoms with Crippen LogP contribution in [-0.4, -0.2) is 19.6 Å². The molecule has 2 rings (SSSR count). The highest BCUT2D eigenvalue weighted by atomic mass is 19.4. The van der Waals surface area contributed by atoms with Crippen molar-refractivity contribution in [2.45, 2.75) is 6.18 Å². The van der Waals surface area contributed by atoms with Crippen molar-refractivity contribution in [1.29, 1.82) is 0 Å². The van der Waals surface area contributed by atoms with Gasteiger partial charge in [0.1, 0.15) is 11.8 Å². The van der Waals surface area contributed by atoms with E-state index in [0.717, 1.165) is 10.9 Å². The van der Waals surface area contributed by atoms with Crippen LogP contribution in [0.4, 0.5) is 13.2 Å². The average molecular weight is 203 g/mol. The van der Waals surface area contributed by atoms with Gasteiger partial charge in [0.15, 0.2) is 5.65 Å². The predicted octanol–water partition coefficient (Wildman–Crippen LogP) is 0.559. The molecule has 74 valence electrons. The van der Waals surface area contributed by atoms with Crippen LogP contribution < -0.4 is 5.84 Å². The number of imidazole rings is 1. The first-order chi connectivity index (χ1) is 6.48. The summed E-state index contributed by atoms with van der Waals surface area (Å²) in [7, 11) is 0. The molecule has 0 aromatic carbocycles. The summed E-state index contributed by atoms with van der Waals surface area (Å²) in [6.45, 7) is 0. The number of halogens is 3. The number of fused-ring (bicyclic) bond motifs is 1. The lowest BCUT2D eigenvalue weighted by atomic mass is 10.5. The third-order valence-corrected chi connectivity index (χ3v) is 1.57. The number of nitrogens with two attached hydrogens (primary N) is 1. The van der Waals surface area contributed by atoms with Crippen molar-refractivity contribution >= 4 is 11.2 Å². The van der Waals surface area contributed by atoms with Crippen LogP contribution in [0, 0.1) is 0 Å². The van der Waals surface area contributed by atoms with Crippen molar-refractivity contribution in [3.63, 3.8) is 0 Å². The standard InChI is InChI=1S/C6H4F3N5/c7-6(8,9)5-11-1-3-4(13-5)14(10)2-12-3/h1-2H,10H2. The van der Waals surface area contributed by atoms with Crippen LogP contribution in [0.15, 0.2) is 12.5 Å². The number of nitrogen functional groups attached to an aromatic ring is 1. The molecule has 0 atom stereocenters. The lowest BCUT2D eigenvalue weighted by Crippen LogP contribution is -2.13. The Labute approximate surface area is 75.4 Å². The van der Waals surface area contributed by atoms with Gasteiger partial charge in [-0.05, 0) is 0 Å². The quantitative estimate of drug-likeness (QED) is 0.635. The highest BCUT2D eigenvalue weighted by Crippen LogP contribution is 2.26. The van der Waals surface area contributed by atoms with Crippen molar-refractivity contribution in [2.24, 2.45) is 0 Å². The molecular formula is C6H4F3N5. The summed E-state index contributed by atoms with van der Waals surface area (Å²) in [6.07, 6.45) is -2.42. The molecule has 0 amide bonds. The Morgan fingerprint density at radius 1 is 1.29 bits per heavy atom. The van der Waals surface area contributed by atoms with Gasteiger partial charge >= 0.3 is 6.18 Å². The van der Waals surface area contributed by atoms with Gasteiger partial charge in [-0.2, -0.15) is 13.2 Å². The lowest BCUT2D eigenvalue weighted by molar-refractivity contribution is -0.144. The minimum atomic E-state index is -4.57. The van der Waals surface area contributed by atoms with E-state index in [9.17, 15) is 13.2 Å². The maximum atomic E-state index is 12.2. The van der Waals surface area contributed by atoms with Gasteiger partial charge in [-0.1, -0.05) is 0 Å². The zero-order valence-corrected chi connectivity index (χ0v) is 6.65. The number of nitrogens with zero attached hydrogens (tertiary/aromatic N) is 4. The molecule has 8 heteroatoms. The first-order valence-electron chi connectivity index (χ1n) is 3.51. The molecule has 0 saturated carbocycles. The van der Waals surface area contributed by atoms with E-state index in [1.807, 2.05) is 0 Å². The highest BCUT2D eigenvalue weighted by molar-refractivity contribution is 5.69. The first kappa shape index (κ1) is 8.73. The van der Waals surface area contributed by atoms with Gasteiger partial charge in [-0.3, -0.25) is 0 Å². The molecule has 0 aliphatic rings. The van der Waals surface area contributed by atoms with Crippen LogP contribution >= 0.6 is 0 Å². The second-order valence-electron chi connectivity index (χ2n) is 2.55. The average Bonchev–Trinajstić information content (AvgIpc) is 2.46. The molecule has 2 aromatic heterocycles. The van der Waals surface area contributed by atoms with E-state index >= 15 is 0 Å². The Morgan fingerprint density at radius 3 is 2.64 bits per heavy atom. The van der Waals surface area contributed by atoms with E-state index < -0.39 is 12.0 Å². The Morgan fingerprint density at radius 2 is 2.00 bits per heavy atom. The molecule has 0 fully saturated rings. The van der Waals surface area contributed by atoms with Gasteiger partial charge in [0.25, 0.3) is 0 Å². The van der Waals surface area contributed by atoms with Crippen LogP contribution in [0.2, 0.25) is 0 Å². The Balaban J connectivity index is 2.66. The summed E-state index contributed by atoms with van der Waals surface area (Å²) in [5, 5.41) is 0. The monoisotopic (exact) mass is 203 g/mol. The van der Waals surface area contributed by atoms with Crippen molar-refractivity contribution in [3.05, 3.63) is 18.3 Å². The molecule has 2 heterocycles. The summed E-state index contributed by atoms with van der Waals surface area (Å²) in [6, 6.07) is 0. The van der Waals surface area contributed by atoms with Gasteiger partial charge in [-0.25, -0.2) is 19.6 Å². The second-order valence-corrected chi connectivity index (χ2v) is 2.55. The van der Waals surface area contributed by atoms with Crippen molar-refractivity contribution in [3.8, 4) is 0 Å². The van der Waals surface area contributed by atoms with Crippen LogP contribution in [-0.2, 0) is 6.18 Å². The topological polar surface area (TPSA) is 69.6 Å². The number of hydrogen-bond acceptors (Lipinski definition) is 4. The van der Waals surface area contributed by atoms with Gasteiger partial charge in [0.05, 0.1) is 6.20 Å². The van der Waals surface area contributed by atoms with E-state index in [4.69, 9.17) is 5.84 Å². The maximum Gasteiger partial charge on any atom is 0.451 e.